The number of nitrogens with one attached hydrogen (secondary N) is 3. The summed E-state index contributed by atoms with van der Waals surface area (Å²) < 4.78 is 66.3. The topological polar surface area (TPSA) is 208 Å². The van der Waals surface area contributed by atoms with Crippen LogP contribution in [0, 0.1) is 11.7 Å². The largest absolute Gasteiger partial charge is 0.497 e. The predicted molar refractivity (Wildman–Crippen MR) is 220 cm³/mol. The molecule has 2 aliphatic carbocycles. The maximum absolute atomic E-state index is 14.7. The number of sulfonamides is 1. The van der Waals surface area contributed by atoms with Gasteiger partial charge in [0.05, 0.1) is 18.9 Å². The Morgan fingerprint density at radius 1 is 1.05 bits per heavy atom. The minimum Gasteiger partial charge on any atom is -0.497 e. The number of carbonyl (C=O) groups excluding carboxylic acids is 4. The summed E-state index contributed by atoms with van der Waals surface area (Å²) >= 11 is 0. The number of aromatic nitrogens is 2. The summed E-state index contributed by atoms with van der Waals surface area (Å²) in [5.41, 5.74) is -1.18. The average molecular weight is 861 g/mol. The molecule has 4 heterocycles. The number of rotatable bonds is 8. The van der Waals surface area contributed by atoms with Crippen LogP contribution in [0.25, 0.3) is 33.5 Å². The normalized spacial score (nSPS) is 24.8. The molecule has 5 atom stereocenters. The molecule has 324 valence electrons. The van der Waals surface area contributed by atoms with Gasteiger partial charge in [-0.15, -0.1) is 0 Å². The Bertz CT molecular complexity index is 2530. The summed E-state index contributed by atoms with van der Waals surface area (Å²) in [7, 11) is -2.43. The minimum atomic E-state index is -3.95. The van der Waals surface area contributed by atoms with E-state index in [0.717, 1.165) is 6.42 Å². The number of allylic oxidation sites excluding steroid dienone is 1. The van der Waals surface area contributed by atoms with Crippen molar-refractivity contribution in [2.75, 3.05) is 13.7 Å². The van der Waals surface area contributed by atoms with Crippen molar-refractivity contribution >= 4 is 55.9 Å². The zero-order valence-corrected chi connectivity index (χ0v) is 35.2. The number of halogens is 1. The van der Waals surface area contributed by atoms with E-state index in [4.69, 9.17) is 28.6 Å². The quantitative estimate of drug-likeness (QED) is 0.190. The standard InChI is InChI=1S/C43H49FN6O10S/c1-42(2,3)60-41(54)45-31-14-9-7-5-6-8-12-25-22-43(25,40(53)49-61(55,56)29-16-17-29)48-37(51)32-21-28(23-50(32)39(31)52)58-38-35-34(30-20-26(44)15-18-33(30)59-35)46-36(47-38)24-11-10-13-27(19-24)57-4/h8,10-13,15,18-20,25,28-29,31-32H,5-7,9,14,16-17,21-23H2,1-4H3,(H,45,54)(H,48,51)(H,49,53)/t25-,28-,31+,32+,43-/m1/s1. The molecule has 4 amide bonds. The number of furan rings is 1. The van der Waals surface area contributed by atoms with Crippen molar-refractivity contribution in [1.82, 2.24) is 30.2 Å². The van der Waals surface area contributed by atoms with Gasteiger partial charge in [0.2, 0.25) is 27.4 Å². The van der Waals surface area contributed by atoms with Crippen molar-refractivity contribution in [2.24, 2.45) is 5.92 Å². The second-order valence-corrected chi connectivity index (χ2v) is 19.2. The number of hydrogen-bond donors (Lipinski definition) is 3. The van der Waals surface area contributed by atoms with Crippen LogP contribution in [0.5, 0.6) is 11.6 Å². The summed E-state index contributed by atoms with van der Waals surface area (Å²) in [5.74, 6) is -2.40. The number of fused-ring (bicyclic) bond motifs is 5. The van der Waals surface area contributed by atoms with E-state index in [1.807, 2.05) is 12.2 Å². The number of amides is 4. The third kappa shape index (κ3) is 8.99. The molecule has 4 aromatic rings. The van der Waals surface area contributed by atoms with Crippen LogP contribution in [0.15, 0.2) is 59.0 Å². The Kier molecular flexibility index (Phi) is 11.2. The number of benzene rings is 2. The van der Waals surface area contributed by atoms with Crippen LogP contribution in [0.3, 0.4) is 0 Å². The van der Waals surface area contributed by atoms with E-state index in [0.29, 0.717) is 54.4 Å². The van der Waals surface area contributed by atoms with E-state index in [1.54, 1.807) is 45.0 Å². The maximum atomic E-state index is 14.7. The van der Waals surface area contributed by atoms with Gasteiger partial charge in [-0.05, 0) is 89.6 Å². The number of methoxy groups -OCH3 is 1. The van der Waals surface area contributed by atoms with E-state index in [9.17, 15) is 32.0 Å². The van der Waals surface area contributed by atoms with Gasteiger partial charge in [-0.1, -0.05) is 37.1 Å². The molecular weight excluding hydrogens is 812 g/mol. The Morgan fingerprint density at radius 3 is 2.61 bits per heavy atom. The van der Waals surface area contributed by atoms with Crippen molar-refractivity contribution in [1.29, 1.82) is 0 Å². The van der Waals surface area contributed by atoms with Crippen LogP contribution in [-0.4, -0.2) is 95.3 Å². The van der Waals surface area contributed by atoms with E-state index >= 15 is 0 Å². The highest BCUT2D eigenvalue weighted by Gasteiger charge is 2.62. The number of carbonyl (C=O) groups is 4. The first-order chi connectivity index (χ1) is 29.0. The summed E-state index contributed by atoms with van der Waals surface area (Å²) in [6.07, 6.45) is 5.92. The molecule has 61 heavy (non-hydrogen) atoms. The van der Waals surface area contributed by atoms with Gasteiger partial charge in [-0.25, -0.2) is 22.6 Å². The molecule has 0 unspecified atom stereocenters. The molecule has 0 spiro atoms. The third-order valence-electron chi connectivity index (χ3n) is 11.4. The first-order valence-electron chi connectivity index (χ1n) is 20.6. The van der Waals surface area contributed by atoms with Crippen LogP contribution in [0.1, 0.15) is 78.6 Å². The molecular formula is C43H49FN6O10S. The van der Waals surface area contributed by atoms with Gasteiger partial charge in [-0.3, -0.25) is 19.1 Å². The molecule has 2 aromatic heterocycles. The average Bonchev–Trinajstić information content (AvgIpc) is 4.11. The first kappa shape index (κ1) is 41.9. The maximum Gasteiger partial charge on any atom is 0.408 e. The van der Waals surface area contributed by atoms with Gasteiger partial charge >= 0.3 is 6.09 Å². The molecule has 18 heteroatoms. The lowest BCUT2D eigenvalue weighted by molar-refractivity contribution is -0.141. The van der Waals surface area contributed by atoms with Crippen LogP contribution < -0.4 is 24.8 Å². The van der Waals surface area contributed by atoms with Gasteiger partial charge in [0, 0.05) is 23.3 Å². The lowest BCUT2D eigenvalue weighted by atomic mass is 10.0. The molecule has 8 rings (SSSR count). The summed E-state index contributed by atoms with van der Waals surface area (Å²) in [6, 6.07) is 8.71. The predicted octanol–water partition coefficient (Wildman–Crippen LogP) is 5.44. The summed E-state index contributed by atoms with van der Waals surface area (Å²) in [6.45, 7) is 4.96. The molecule has 0 radical (unpaired) electrons. The zero-order valence-electron chi connectivity index (χ0n) is 34.4. The number of hydrogen-bond acceptors (Lipinski definition) is 12. The summed E-state index contributed by atoms with van der Waals surface area (Å²) in [5, 5.41) is 5.29. The molecule has 2 aromatic carbocycles. The Hall–Kier alpha value is -5.78. The fourth-order valence-corrected chi connectivity index (χ4v) is 9.38. The molecule has 2 aliphatic heterocycles. The molecule has 0 bridgehead atoms. The number of alkyl carbamates (subject to hydrolysis) is 1. The molecule has 4 aliphatic rings. The van der Waals surface area contributed by atoms with E-state index in [2.05, 4.69) is 15.4 Å². The van der Waals surface area contributed by atoms with Gasteiger partial charge in [0.15, 0.2) is 5.82 Å². The van der Waals surface area contributed by atoms with E-state index in [1.165, 1.54) is 30.2 Å². The third-order valence-corrected chi connectivity index (χ3v) is 13.2. The van der Waals surface area contributed by atoms with Crippen molar-refractivity contribution in [2.45, 2.75) is 113 Å². The van der Waals surface area contributed by atoms with E-state index < -0.39 is 80.2 Å². The molecule has 3 fully saturated rings. The van der Waals surface area contributed by atoms with Crippen LogP contribution >= 0.6 is 0 Å². The lowest BCUT2D eigenvalue weighted by Crippen LogP contribution is -2.58. The molecule has 3 N–H and O–H groups in total. The van der Waals surface area contributed by atoms with Crippen LogP contribution in [0.2, 0.25) is 0 Å². The lowest BCUT2D eigenvalue weighted by Gasteiger charge is -2.30. The Balaban J connectivity index is 1.16. The highest BCUT2D eigenvalue weighted by atomic mass is 32.2. The van der Waals surface area contributed by atoms with Gasteiger partial charge in [0.1, 0.15) is 52.0 Å². The summed E-state index contributed by atoms with van der Waals surface area (Å²) in [4.78, 5) is 67.1. The zero-order chi connectivity index (χ0) is 43.3. The van der Waals surface area contributed by atoms with Crippen molar-refractivity contribution in [3.8, 4) is 23.0 Å². The van der Waals surface area contributed by atoms with Crippen LogP contribution in [-0.2, 0) is 29.1 Å². The van der Waals surface area contributed by atoms with Gasteiger partial charge in [-0.2, -0.15) is 4.98 Å². The van der Waals surface area contributed by atoms with Crippen molar-refractivity contribution in [3.05, 3.63) is 60.4 Å². The highest BCUT2D eigenvalue weighted by Crippen LogP contribution is 2.46. The van der Waals surface area contributed by atoms with E-state index in [-0.39, 0.29) is 48.6 Å². The number of ether oxygens (including phenoxy) is 3. The monoisotopic (exact) mass is 860 g/mol. The van der Waals surface area contributed by atoms with Crippen LogP contribution in [0.4, 0.5) is 9.18 Å². The SMILES string of the molecule is COc1cccc(-c2nc(O[C@@H]3C[C@H]4C(=O)N[C@]5(C(=O)NS(=O)(=O)C6CC6)C[C@H]5C=CCCCCC[C@H](NC(=O)OC(C)(C)C)C(=O)N4C3)c3oc4ccc(F)cc4c3n2)c1. The molecule has 1 saturated heterocycles. The Morgan fingerprint density at radius 2 is 1.85 bits per heavy atom. The van der Waals surface area contributed by atoms with Crippen molar-refractivity contribution < 1.29 is 50.6 Å². The smallest absolute Gasteiger partial charge is 0.408 e. The van der Waals surface area contributed by atoms with Crippen molar-refractivity contribution in [3.63, 3.8) is 0 Å². The second kappa shape index (κ2) is 16.2. The first-order valence-corrected chi connectivity index (χ1v) is 22.1. The Labute approximate surface area is 352 Å². The fourth-order valence-electron chi connectivity index (χ4n) is 8.02. The second-order valence-electron chi connectivity index (χ2n) is 17.2. The number of nitrogens with zero attached hydrogens (tertiary/aromatic N) is 3. The molecule has 16 nitrogen and oxygen atoms in total. The minimum absolute atomic E-state index is 0.0306. The molecule has 2 saturated carbocycles. The van der Waals surface area contributed by atoms with Gasteiger partial charge in [0.25, 0.3) is 11.8 Å². The van der Waals surface area contributed by atoms with Gasteiger partial charge < -0.3 is 34.2 Å². The fraction of sp³-hybridized carbons (Fsp3) is 0.488. The highest BCUT2D eigenvalue weighted by molar-refractivity contribution is 7.91.